The van der Waals surface area contributed by atoms with E-state index in [2.05, 4.69) is 0 Å². The second-order valence-electron chi connectivity index (χ2n) is 4.33. The van der Waals surface area contributed by atoms with Gasteiger partial charge in [-0.05, 0) is 30.3 Å². The number of carbonyl (C=O) groups is 1. The van der Waals surface area contributed by atoms with Gasteiger partial charge >= 0.3 is 0 Å². The Labute approximate surface area is 114 Å². The van der Waals surface area contributed by atoms with Gasteiger partial charge in [0.15, 0.2) is 17.3 Å². The summed E-state index contributed by atoms with van der Waals surface area (Å²) < 4.78 is 23.7. The zero-order chi connectivity index (χ0) is 14.1. The molecule has 0 unspecified atom stereocenters. The Morgan fingerprint density at radius 1 is 1.15 bits per heavy atom. The summed E-state index contributed by atoms with van der Waals surface area (Å²) in [5.74, 6) is -0.556. The fourth-order valence-electron chi connectivity index (χ4n) is 2.04. The fourth-order valence-corrected chi connectivity index (χ4v) is 2.04. The molecule has 2 aromatic carbocycles. The number of methoxy groups -OCH3 is 1. The van der Waals surface area contributed by atoms with Gasteiger partial charge in [0.05, 0.1) is 7.11 Å². The first-order chi connectivity index (χ1) is 9.69. The van der Waals surface area contributed by atoms with E-state index >= 15 is 0 Å². The number of para-hydroxylation sites is 1. The van der Waals surface area contributed by atoms with Crippen molar-refractivity contribution in [2.75, 3.05) is 7.11 Å². The van der Waals surface area contributed by atoms with Crippen molar-refractivity contribution in [3.05, 3.63) is 65.7 Å². The molecule has 3 aromatic rings. The summed E-state index contributed by atoms with van der Waals surface area (Å²) in [6.45, 7) is 0. The van der Waals surface area contributed by atoms with Crippen LogP contribution >= 0.6 is 0 Å². The van der Waals surface area contributed by atoms with E-state index in [9.17, 15) is 9.18 Å². The van der Waals surface area contributed by atoms with Crippen molar-refractivity contribution in [2.24, 2.45) is 0 Å². The zero-order valence-corrected chi connectivity index (χ0v) is 10.7. The molecule has 0 saturated heterocycles. The molecular formula is C16H11FO3. The number of carbonyl (C=O) groups excluding carboxylic acids is 1. The summed E-state index contributed by atoms with van der Waals surface area (Å²) in [5, 5.41) is 0.852. The third kappa shape index (κ3) is 2.05. The fraction of sp³-hybridized carbons (Fsp3) is 0.0625. The molecule has 3 rings (SSSR count). The van der Waals surface area contributed by atoms with Gasteiger partial charge in [-0.25, -0.2) is 4.39 Å². The van der Waals surface area contributed by atoms with Crippen molar-refractivity contribution >= 4 is 16.8 Å². The number of rotatable bonds is 3. The molecule has 1 aromatic heterocycles. The highest BCUT2D eigenvalue weighted by Gasteiger charge is 2.16. The normalized spacial score (nSPS) is 10.7. The first-order valence-electron chi connectivity index (χ1n) is 6.06. The maximum absolute atomic E-state index is 13.3. The third-order valence-electron chi connectivity index (χ3n) is 3.06. The molecule has 0 fully saturated rings. The number of ketones is 1. The van der Waals surface area contributed by atoms with E-state index in [0.29, 0.717) is 11.1 Å². The molecule has 20 heavy (non-hydrogen) atoms. The van der Waals surface area contributed by atoms with Crippen LogP contribution in [0.25, 0.3) is 11.0 Å². The zero-order valence-electron chi connectivity index (χ0n) is 10.7. The van der Waals surface area contributed by atoms with Crippen LogP contribution in [0.3, 0.4) is 0 Å². The smallest absolute Gasteiger partial charge is 0.228 e. The van der Waals surface area contributed by atoms with Gasteiger partial charge in [-0.15, -0.1) is 0 Å². The average Bonchev–Trinajstić information content (AvgIpc) is 2.91. The minimum Gasteiger partial charge on any atom is -0.494 e. The van der Waals surface area contributed by atoms with Crippen LogP contribution in [0, 0.1) is 5.82 Å². The first-order valence-corrected chi connectivity index (χ1v) is 6.06. The van der Waals surface area contributed by atoms with Crippen LogP contribution in [0.5, 0.6) is 5.75 Å². The average molecular weight is 270 g/mol. The maximum Gasteiger partial charge on any atom is 0.228 e. The van der Waals surface area contributed by atoms with Crippen LogP contribution in [0.2, 0.25) is 0 Å². The quantitative estimate of drug-likeness (QED) is 0.679. The monoisotopic (exact) mass is 270 g/mol. The van der Waals surface area contributed by atoms with Crippen molar-refractivity contribution < 1.29 is 18.3 Å². The van der Waals surface area contributed by atoms with Crippen LogP contribution in [-0.4, -0.2) is 12.9 Å². The summed E-state index contributed by atoms with van der Waals surface area (Å²) >= 11 is 0. The molecule has 0 aliphatic carbocycles. The highest BCUT2D eigenvalue weighted by Crippen LogP contribution is 2.24. The summed E-state index contributed by atoms with van der Waals surface area (Å²) in [6, 6.07) is 13.0. The van der Waals surface area contributed by atoms with Gasteiger partial charge < -0.3 is 9.15 Å². The Bertz CT molecular complexity index is 756. The molecule has 0 amide bonds. The van der Waals surface area contributed by atoms with Gasteiger partial charge in [-0.1, -0.05) is 18.2 Å². The van der Waals surface area contributed by atoms with Gasteiger partial charge in [-0.3, -0.25) is 4.79 Å². The third-order valence-corrected chi connectivity index (χ3v) is 3.06. The summed E-state index contributed by atoms with van der Waals surface area (Å²) in [7, 11) is 1.36. The molecule has 100 valence electrons. The second-order valence-corrected chi connectivity index (χ2v) is 4.33. The van der Waals surface area contributed by atoms with Crippen molar-refractivity contribution in [3.63, 3.8) is 0 Å². The van der Waals surface area contributed by atoms with Crippen LogP contribution in [0.1, 0.15) is 16.1 Å². The van der Waals surface area contributed by atoms with Crippen molar-refractivity contribution in [3.8, 4) is 5.75 Å². The Kier molecular flexibility index (Phi) is 2.99. The molecule has 0 saturated carbocycles. The molecule has 0 aliphatic rings. The van der Waals surface area contributed by atoms with Gasteiger partial charge in [0, 0.05) is 10.9 Å². The Hall–Kier alpha value is -2.62. The lowest BCUT2D eigenvalue weighted by Gasteiger charge is -2.03. The number of benzene rings is 2. The molecule has 4 heteroatoms. The molecule has 0 atom stereocenters. The highest BCUT2D eigenvalue weighted by molar-refractivity contribution is 6.09. The molecule has 1 heterocycles. The Balaban J connectivity index is 2.03. The first kappa shape index (κ1) is 12.4. The second kappa shape index (κ2) is 4.81. The maximum atomic E-state index is 13.3. The predicted molar refractivity (Wildman–Crippen MR) is 72.6 cm³/mol. The van der Waals surface area contributed by atoms with Crippen LogP contribution in [0.4, 0.5) is 4.39 Å². The number of hydrogen-bond acceptors (Lipinski definition) is 3. The molecule has 0 aliphatic heterocycles. The molecular weight excluding hydrogens is 259 g/mol. The van der Waals surface area contributed by atoms with Gasteiger partial charge in [0.2, 0.25) is 5.78 Å². The minimum absolute atomic E-state index is 0.0342. The number of halogens is 1. The standard InChI is InChI=1S/C16H11FO3/c1-19-14-9-11(6-7-12(14)17)16(18)15-8-10-4-2-3-5-13(10)20-15/h2-9H,1H3. The summed E-state index contributed by atoms with van der Waals surface area (Å²) in [4.78, 5) is 12.3. The summed E-state index contributed by atoms with van der Waals surface area (Å²) in [5.41, 5.74) is 0.965. The van der Waals surface area contributed by atoms with Crippen molar-refractivity contribution in [1.82, 2.24) is 0 Å². The lowest BCUT2D eigenvalue weighted by molar-refractivity contribution is 0.101. The SMILES string of the molecule is COc1cc(C(=O)c2cc3ccccc3o2)ccc1F. The van der Waals surface area contributed by atoms with Gasteiger partial charge in [0.25, 0.3) is 0 Å². The molecule has 0 spiro atoms. The topological polar surface area (TPSA) is 39.4 Å². The molecule has 0 bridgehead atoms. The van der Waals surface area contributed by atoms with E-state index in [-0.39, 0.29) is 17.3 Å². The van der Waals surface area contributed by atoms with E-state index < -0.39 is 5.82 Å². The largest absolute Gasteiger partial charge is 0.494 e. The van der Waals surface area contributed by atoms with Crippen molar-refractivity contribution in [2.45, 2.75) is 0 Å². The summed E-state index contributed by atoms with van der Waals surface area (Å²) in [6.07, 6.45) is 0. The minimum atomic E-state index is -0.506. The number of fused-ring (bicyclic) bond motifs is 1. The van der Waals surface area contributed by atoms with Crippen molar-refractivity contribution in [1.29, 1.82) is 0 Å². The van der Waals surface area contributed by atoms with E-state index in [1.54, 1.807) is 12.1 Å². The van der Waals surface area contributed by atoms with E-state index in [4.69, 9.17) is 9.15 Å². The molecule has 0 N–H and O–H groups in total. The lowest BCUT2D eigenvalue weighted by atomic mass is 10.1. The lowest BCUT2D eigenvalue weighted by Crippen LogP contribution is -2.01. The number of ether oxygens (including phenoxy) is 1. The van der Waals surface area contributed by atoms with E-state index in [1.807, 2.05) is 18.2 Å². The highest BCUT2D eigenvalue weighted by atomic mass is 19.1. The Morgan fingerprint density at radius 3 is 2.70 bits per heavy atom. The predicted octanol–water partition coefficient (Wildman–Crippen LogP) is 3.81. The Morgan fingerprint density at radius 2 is 1.95 bits per heavy atom. The van der Waals surface area contributed by atoms with E-state index in [0.717, 1.165) is 5.39 Å². The number of hydrogen-bond donors (Lipinski definition) is 0. The number of furan rings is 1. The van der Waals surface area contributed by atoms with Crippen LogP contribution < -0.4 is 4.74 Å². The van der Waals surface area contributed by atoms with Crippen LogP contribution in [0.15, 0.2) is 52.9 Å². The molecule has 0 radical (unpaired) electrons. The molecule has 3 nitrogen and oxygen atoms in total. The van der Waals surface area contributed by atoms with Gasteiger partial charge in [0.1, 0.15) is 5.58 Å². The van der Waals surface area contributed by atoms with Gasteiger partial charge in [-0.2, -0.15) is 0 Å². The van der Waals surface area contributed by atoms with E-state index in [1.165, 1.54) is 25.3 Å². The van der Waals surface area contributed by atoms with Crippen LogP contribution in [-0.2, 0) is 0 Å².